The molecule has 0 atom stereocenters. The molecule has 2 aliphatic carbocycles. The lowest BCUT2D eigenvalue weighted by Crippen LogP contribution is -2.17. The first kappa shape index (κ1) is 39.7. The molecule has 0 amide bonds. The molecule has 0 N–H and O–H groups in total. The molecule has 14 rings (SSSR count). The van der Waals surface area contributed by atoms with E-state index in [1.54, 1.807) is 6.07 Å². The largest absolute Gasteiger partial charge is 0.309 e. The van der Waals surface area contributed by atoms with Gasteiger partial charge in [-0.2, -0.15) is 0 Å². The molecule has 12 aromatic carbocycles. The van der Waals surface area contributed by atoms with E-state index in [0.717, 1.165) is 111 Å². The van der Waals surface area contributed by atoms with Gasteiger partial charge in [-0.25, -0.2) is 0 Å². The van der Waals surface area contributed by atoms with Crippen LogP contribution in [0.4, 0.5) is 34.1 Å². The topological polar surface area (TPSA) is 6.48 Å². The highest BCUT2D eigenvalue weighted by Crippen LogP contribution is 2.56. The van der Waals surface area contributed by atoms with E-state index in [2.05, 4.69) is 215 Å². The van der Waals surface area contributed by atoms with Crippen LogP contribution in [0.3, 0.4) is 0 Å². The second-order valence-electron chi connectivity index (χ2n) is 22.2. The van der Waals surface area contributed by atoms with Gasteiger partial charge in [-0.1, -0.05) is 210 Å². The minimum Gasteiger partial charge on any atom is -0.309 e. The van der Waals surface area contributed by atoms with Crippen LogP contribution in [0.5, 0.6) is 0 Å². The predicted molar refractivity (Wildman–Crippen MR) is 324 cm³/mol. The van der Waals surface area contributed by atoms with Crippen LogP contribution in [0.2, 0.25) is 0 Å². The van der Waals surface area contributed by atoms with Gasteiger partial charge in [-0.3, -0.25) is 0 Å². The molecular weight excluding hydrogens is 917 g/mol. The molecule has 2 aliphatic rings. The molecule has 12 aromatic rings. The predicted octanol–water partition coefficient (Wildman–Crippen LogP) is 20.7. The fourth-order valence-corrected chi connectivity index (χ4v) is 13.1. The van der Waals surface area contributed by atoms with E-state index >= 15 is 0 Å². The van der Waals surface area contributed by atoms with Gasteiger partial charge in [0.25, 0.3) is 0 Å². The van der Waals surface area contributed by atoms with E-state index in [-0.39, 0.29) is 16.5 Å². The summed E-state index contributed by atoms with van der Waals surface area (Å²) in [6.45, 7) is 8.26. The quantitative estimate of drug-likeness (QED) is 0.140. The van der Waals surface area contributed by atoms with Gasteiger partial charge in [0.1, 0.15) is 0 Å². The van der Waals surface area contributed by atoms with Crippen LogP contribution < -0.4 is 9.80 Å². The molecule has 76 heavy (non-hydrogen) atoms. The Bertz CT molecular complexity index is 4500. The maximum absolute atomic E-state index is 9.35. The first-order valence-electron chi connectivity index (χ1n) is 29.5. The lowest BCUT2D eigenvalue weighted by Gasteiger charge is -2.33. The monoisotopic (exact) mass is 983 g/mol. The third-order valence-electron chi connectivity index (χ3n) is 17.1. The fraction of sp³-hybridized carbons (Fsp3) is 0.135. The normalized spacial score (nSPS) is 15.2. The number of anilines is 6. The summed E-state index contributed by atoms with van der Waals surface area (Å²) < 4.78 is 55.5. The molecule has 0 unspecified atom stereocenters. The Hall–Kier alpha value is -8.72. The number of nitrogens with zero attached hydrogens (tertiary/aromatic N) is 2. The second-order valence-corrected chi connectivity index (χ2v) is 22.2. The van der Waals surface area contributed by atoms with Crippen LogP contribution >= 0.6 is 0 Å². The van der Waals surface area contributed by atoms with Gasteiger partial charge < -0.3 is 9.80 Å². The van der Waals surface area contributed by atoms with Crippen LogP contribution in [0.1, 0.15) is 80.4 Å². The van der Waals surface area contributed by atoms with Crippen LogP contribution in [0, 0.1) is 27.6 Å². The van der Waals surface area contributed by atoms with Crippen molar-refractivity contribution in [1.29, 1.82) is 0 Å². The summed E-state index contributed by atoms with van der Waals surface area (Å²) in [4.78, 5) is 4.42. The highest BCUT2D eigenvalue weighted by molar-refractivity contribution is 6.28. The van der Waals surface area contributed by atoms with Gasteiger partial charge in [-0.15, -0.1) is 0 Å². The average Bonchev–Trinajstić information content (AvgIpc) is 1.89. The van der Waals surface area contributed by atoms with Crippen molar-refractivity contribution < 1.29 is 8.22 Å². The van der Waals surface area contributed by atoms with E-state index in [1.165, 1.54) is 22.3 Å². The number of hydrogen-bond acceptors (Lipinski definition) is 2. The summed E-state index contributed by atoms with van der Waals surface area (Å²) in [6.07, 6.45) is 0. The van der Waals surface area contributed by atoms with Crippen LogP contribution in [0.25, 0.3) is 76.8 Å². The summed E-state index contributed by atoms with van der Waals surface area (Å²) in [5.74, 6) is 0. The zero-order valence-corrected chi connectivity index (χ0v) is 43.7. The van der Waals surface area contributed by atoms with Gasteiger partial charge in [0.2, 0.25) is 0 Å². The number of fused-ring (bicyclic) bond motifs is 6. The summed E-state index contributed by atoms with van der Waals surface area (Å²) in [5.41, 5.74) is 19.5. The van der Waals surface area contributed by atoms with E-state index in [9.17, 15) is 4.11 Å². The molecule has 0 fully saturated rings. The lowest BCUT2D eigenvalue weighted by atomic mass is 9.82. The second kappa shape index (κ2) is 16.9. The highest BCUT2D eigenvalue weighted by Gasteiger charge is 2.38. The standard InChI is InChI=1S/C74H60N2/c1-45-27-29-53(49-19-11-9-12-20-49)41-67(45)75(69-43-59-55-23-15-17-25-61(55)73(5,6)63(59)39-47(69)3)65-37-33-51-32-36-58-66(38-34-52-31-35-57(65)71(51)72(52)58)76(68-42-54(30-28-46(68)2)50-21-13-10-14-22-50)70-44-60-56-24-16-18-26-62(56)74(7,8)64(60)40-48(70)4/h9-44H,1-8H3/i1D3,4D3. The van der Waals surface area contributed by atoms with Crippen LogP contribution in [0.15, 0.2) is 218 Å². The van der Waals surface area contributed by atoms with Crippen molar-refractivity contribution in [2.24, 2.45) is 0 Å². The summed E-state index contributed by atoms with van der Waals surface area (Å²) >= 11 is 0. The molecule has 0 bridgehead atoms. The van der Waals surface area contributed by atoms with E-state index in [0.29, 0.717) is 11.4 Å². The summed E-state index contributed by atoms with van der Waals surface area (Å²) in [7, 11) is 0. The van der Waals surface area contributed by atoms with Gasteiger partial charge in [0.05, 0.1) is 11.4 Å². The Morgan fingerprint density at radius 1 is 0.303 bits per heavy atom. The number of hydrogen-bond donors (Lipinski definition) is 0. The molecule has 2 nitrogen and oxygen atoms in total. The highest BCUT2D eigenvalue weighted by atomic mass is 15.2. The molecule has 0 saturated heterocycles. The Morgan fingerprint density at radius 3 is 1.21 bits per heavy atom. The Balaban J connectivity index is 1.07. The zero-order chi connectivity index (χ0) is 56.8. The van der Waals surface area contributed by atoms with Crippen molar-refractivity contribution in [3.8, 4) is 44.5 Å². The van der Waals surface area contributed by atoms with Crippen molar-refractivity contribution in [2.75, 3.05) is 9.80 Å². The minimum atomic E-state index is -2.49. The van der Waals surface area contributed by atoms with E-state index in [1.807, 2.05) is 48.5 Å². The average molecular weight is 983 g/mol. The van der Waals surface area contributed by atoms with Gasteiger partial charge in [0.15, 0.2) is 0 Å². The zero-order valence-electron chi connectivity index (χ0n) is 49.7. The van der Waals surface area contributed by atoms with Gasteiger partial charge in [-0.05, 0) is 175 Å². The third-order valence-corrected chi connectivity index (χ3v) is 17.1. The van der Waals surface area contributed by atoms with Crippen molar-refractivity contribution in [3.63, 3.8) is 0 Å². The Kier molecular flexibility index (Phi) is 8.83. The Labute approximate surface area is 455 Å². The fourth-order valence-electron chi connectivity index (χ4n) is 13.1. The maximum atomic E-state index is 9.35. The molecule has 0 heterocycles. The first-order chi connectivity index (χ1) is 39.3. The summed E-state index contributed by atoms with van der Waals surface area (Å²) in [5, 5.41) is 5.99. The minimum absolute atomic E-state index is 0.245. The van der Waals surface area contributed by atoms with Gasteiger partial charge in [0, 0.05) is 52.6 Å². The molecule has 0 radical (unpaired) electrons. The third kappa shape index (κ3) is 6.79. The molecule has 0 aliphatic heterocycles. The number of aryl methyl sites for hydroxylation is 4. The molecular formula is C74H60N2. The lowest BCUT2D eigenvalue weighted by molar-refractivity contribution is 0.659. The van der Waals surface area contributed by atoms with Crippen molar-refractivity contribution in [1.82, 2.24) is 0 Å². The van der Waals surface area contributed by atoms with Crippen molar-refractivity contribution in [2.45, 2.75) is 66.1 Å². The van der Waals surface area contributed by atoms with Crippen molar-refractivity contribution in [3.05, 3.63) is 263 Å². The van der Waals surface area contributed by atoms with E-state index in [4.69, 9.17) is 4.11 Å². The molecule has 0 aromatic heterocycles. The molecule has 0 saturated carbocycles. The SMILES string of the molecule is [2H]C([2H])([2H])c1ccc(-c2ccccc2)cc1N(c1cc2c(cc1C)C(C)(C)c1ccccc1-2)c1ccc2ccc3c(N(c4cc(-c5ccccc5)ccc4C)c4cc5c(cc4C([2H])([2H])[2H])C(C)(C)c4ccccc4-5)ccc4ccc1c2c43. The smallest absolute Gasteiger partial charge is 0.0540 e. The van der Waals surface area contributed by atoms with Gasteiger partial charge >= 0.3 is 0 Å². The molecule has 2 heteroatoms. The molecule has 0 spiro atoms. The first-order valence-corrected chi connectivity index (χ1v) is 26.5. The maximum Gasteiger partial charge on any atom is 0.0540 e. The molecule has 366 valence electrons. The summed E-state index contributed by atoms with van der Waals surface area (Å²) in [6, 6.07) is 76.0. The number of rotatable bonds is 8. The van der Waals surface area contributed by atoms with E-state index < -0.39 is 19.1 Å². The number of benzene rings is 12. The Morgan fingerprint density at radius 2 is 0.711 bits per heavy atom. The van der Waals surface area contributed by atoms with Crippen LogP contribution in [-0.2, 0) is 10.8 Å². The van der Waals surface area contributed by atoms with Crippen molar-refractivity contribution >= 4 is 66.4 Å². The van der Waals surface area contributed by atoms with Crippen LogP contribution in [-0.4, -0.2) is 0 Å².